The van der Waals surface area contributed by atoms with Crippen LogP contribution in [0.4, 0.5) is 5.13 Å². The highest BCUT2D eigenvalue weighted by atomic mass is 32.1. The molecule has 7 nitrogen and oxygen atoms in total. The molecular weight excluding hydrogens is 426 g/mol. The van der Waals surface area contributed by atoms with Crippen molar-refractivity contribution in [3.8, 4) is 5.75 Å². The van der Waals surface area contributed by atoms with Crippen molar-refractivity contribution in [2.75, 3.05) is 11.9 Å². The molecule has 0 spiro atoms. The van der Waals surface area contributed by atoms with Crippen molar-refractivity contribution < 1.29 is 19.1 Å². The second-order valence-corrected chi connectivity index (χ2v) is 7.94. The average molecular weight is 450 g/mol. The second kappa shape index (κ2) is 10.1. The summed E-state index contributed by atoms with van der Waals surface area (Å²) in [5, 5.41) is 5.94. The number of anilines is 1. The van der Waals surface area contributed by atoms with Crippen LogP contribution in [0, 0.1) is 0 Å². The Balaban J connectivity index is 1.39. The van der Waals surface area contributed by atoms with Gasteiger partial charge in [0.05, 0.1) is 24.2 Å². The van der Waals surface area contributed by atoms with Gasteiger partial charge < -0.3 is 19.4 Å². The van der Waals surface area contributed by atoms with Gasteiger partial charge in [0, 0.05) is 17.0 Å². The number of hydrogen-bond donors (Lipinski definition) is 1. The number of carbonyl (C=O) groups is 2. The molecule has 0 aliphatic heterocycles. The first kappa shape index (κ1) is 21.6. The van der Waals surface area contributed by atoms with E-state index < -0.39 is 0 Å². The van der Waals surface area contributed by atoms with Crippen molar-refractivity contribution in [2.45, 2.75) is 26.5 Å². The molecule has 32 heavy (non-hydrogen) atoms. The zero-order chi connectivity index (χ0) is 22.3. The standard InChI is InChI=1S/C24H23N3O4S/c1-2-30-23(29)13-18-16-32-24(25-18)26-22(28)14-27-12-11-19-20(27)9-6-10-21(19)31-15-17-7-4-3-5-8-17/h3-12,16H,2,13-15H2,1H3,(H,25,26,28). The molecule has 2 heterocycles. The zero-order valence-corrected chi connectivity index (χ0v) is 18.4. The van der Waals surface area contributed by atoms with E-state index in [9.17, 15) is 9.59 Å². The van der Waals surface area contributed by atoms with Crippen LogP contribution < -0.4 is 10.1 Å². The highest BCUT2D eigenvalue weighted by Gasteiger charge is 2.13. The van der Waals surface area contributed by atoms with E-state index in [0.29, 0.717) is 24.0 Å². The fraction of sp³-hybridized carbons (Fsp3) is 0.208. The average Bonchev–Trinajstić information content (AvgIpc) is 3.40. The van der Waals surface area contributed by atoms with E-state index in [4.69, 9.17) is 9.47 Å². The summed E-state index contributed by atoms with van der Waals surface area (Å²) >= 11 is 1.28. The lowest BCUT2D eigenvalue weighted by Crippen LogP contribution is -2.18. The van der Waals surface area contributed by atoms with Crippen LogP contribution in [0.15, 0.2) is 66.2 Å². The number of ether oxygens (including phenoxy) is 2. The van der Waals surface area contributed by atoms with Crippen molar-refractivity contribution in [1.29, 1.82) is 0 Å². The number of benzene rings is 2. The summed E-state index contributed by atoms with van der Waals surface area (Å²) in [5.74, 6) is 0.240. The largest absolute Gasteiger partial charge is 0.488 e. The Hall–Kier alpha value is -3.65. The second-order valence-electron chi connectivity index (χ2n) is 7.08. The Morgan fingerprint density at radius 3 is 2.75 bits per heavy atom. The van der Waals surface area contributed by atoms with Gasteiger partial charge >= 0.3 is 5.97 Å². The van der Waals surface area contributed by atoms with E-state index >= 15 is 0 Å². The number of nitrogens with one attached hydrogen (secondary N) is 1. The molecule has 0 unspecified atom stereocenters. The molecule has 1 amide bonds. The van der Waals surface area contributed by atoms with E-state index in [-0.39, 0.29) is 24.8 Å². The van der Waals surface area contributed by atoms with Crippen molar-refractivity contribution in [2.24, 2.45) is 0 Å². The van der Waals surface area contributed by atoms with Crippen LogP contribution in [-0.4, -0.2) is 28.0 Å². The number of nitrogens with zero attached hydrogens (tertiary/aromatic N) is 2. The number of rotatable bonds is 9. The van der Waals surface area contributed by atoms with E-state index in [1.54, 1.807) is 12.3 Å². The zero-order valence-electron chi connectivity index (χ0n) is 17.6. The Morgan fingerprint density at radius 2 is 1.94 bits per heavy atom. The highest BCUT2D eigenvalue weighted by Crippen LogP contribution is 2.27. The van der Waals surface area contributed by atoms with Crippen molar-refractivity contribution in [1.82, 2.24) is 9.55 Å². The molecular formula is C24H23N3O4S. The maximum Gasteiger partial charge on any atom is 0.311 e. The summed E-state index contributed by atoms with van der Waals surface area (Å²) in [5.41, 5.74) is 2.58. The minimum Gasteiger partial charge on any atom is -0.488 e. The Kier molecular flexibility index (Phi) is 6.81. The van der Waals surface area contributed by atoms with Gasteiger partial charge in [0.25, 0.3) is 0 Å². The predicted molar refractivity (Wildman–Crippen MR) is 124 cm³/mol. The summed E-state index contributed by atoms with van der Waals surface area (Å²) in [4.78, 5) is 28.4. The lowest BCUT2D eigenvalue weighted by Gasteiger charge is -2.09. The lowest BCUT2D eigenvalue weighted by atomic mass is 10.2. The van der Waals surface area contributed by atoms with E-state index in [1.165, 1.54) is 11.3 Å². The number of esters is 1. The number of thiazole rings is 1. The van der Waals surface area contributed by atoms with E-state index in [0.717, 1.165) is 22.2 Å². The maximum atomic E-state index is 12.6. The van der Waals surface area contributed by atoms with E-state index in [1.807, 2.05) is 65.4 Å². The van der Waals surface area contributed by atoms with Gasteiger partial charge in [-0.2, -0.15) is 0 Å². The first-order chi connectivity index (χ1) is 15.6. The van der Waals surface area contributed by atoms with Gasteiger partial charge in [-0.1, -0.05) is 36.4 Å². The Morgan fingerprint density at radius 1 is 1.09 bits per heavy atom. The molecule has 0 bridgehead atoms. The quantitative estimate of drug-likeness (QED) is 0.383. The fourth-order valence-corrected chi connectivity index (χ4v) is 4.04. The van der Waals surface area contributed by atoms with Gasteiger partial charge in [-0.15, -0.1) is 11.3 Å². The van der Waals surface area contributed by atoms with Crippen LogP contribution in [0.25, 0.3) is 10.9 Å². The molecule has 2 aromatic heterocycles. The summed E-state index contributed by atoms with van der Waals surface area (Å²) in [6, 6.07) is 17.7. The van der Waals surface area contributed by atoms with Crippen LogP contribution in [0.2, 0.25) is 0 Å². The number of amides is 1. The van der Waals surface area contributed by atoms with Crippen LogP contribution in [0.5, 0.6) is 5.75 Å². The third-order valence-electron chi connectivity index (χ3n) is 4.75. The van der Waals surface area contributed by atoms with Gasteiger partial charge in [0.1, 0.15) is 18.9 Å². The molecule has 0 fully saturated rings. The summed E-state index contributed by atoms with van der Waals surface area (Å²) in [7, 11) is 0. The highest BCUT2D eigenvalue weighted by molar-refractivity contribution is 7.13. The first-order valence-corrected chi connectivity index (χ1v) is 11.1. The number of fused-ring (bicyclic) bond motifs is 1. The van der Waals surface area contributed by atoms with E-state index in [2.05, 4.69) is 10.3 Å². The third-order valence-corrected chi connectivity index (χ3v) is 5.56. The third kappa shape index (κ3) is 5.33. The Labute approximate surface area is 189 Å². The minimum absolute atomic E-state index is 0.0915. The fourth-order valence-electron chi connectivity index (χ4n) is 3.31. The topological polar surface area (TPSA) is 82.5 Å². The summed E-state index contributed by atoms with van der Waals surface area (Å²) < 4.78 is 12.8. The molecule has 0 aliphatic carbocycles. The molecule has 1 N–H and O–H groups in total. The minimum atomic E-state index is -0.334. The molecule has 0 atom stereocenters. The number of aromatic nitrogens is 2. The van der Waals surface area contributed by atoms with Gasteiger partial charge in [-0.05, 0) is 30.7 Å². The van der Waals surface area contributed by atoms with Gasteiger partial charge in [-0.25, -0.2) is 4.98 Å². The molecule has 2 aromatic carbocycles. The molecule has 4 rings (SSSR count). The molecule has 0 radical (unpaired) electrons. The van der Waals surface area contributed by atoms with Gasteiger partial charge in [0.15, 0.2) is 5.13 Å². The van der Waals surface area contributed by atoms with Crippen molar-refractivity contribution in [3.63, 3.8) is 0 Å². The molecule has 0 saturated carbocycles. The summed E-state index contributed by atoms with van der Waals surface area (Å²) in [6.45, 7) is 2.70. The van der Waals surface area contributed by atoms with Crippen LogP contribution in [-0.2, 0) is 33.9 Å². The lowest BCUT2D eigenvalue weighted by molar-refractivity contribution is -0.142. The molecule has 0 saturated heterocycles. The van der Waals surface area contributed by atoms with Crippen molar-refractivity contribution in [3.05, 3.63) is 77.4 Å². The first-order valence-electron chi connectivity index (χ1n) is 10.3. The maximum absolute atomic E-state index is 12.6. The van der Waals surface area contributed by atoms with Gasteiger partial charge in [0.2, 0.25) is 5.91 Å². The molecule has 4 aromatic rings. The van der Waals surface area contributed by atoms with Crippen LogP contribution in [0.3, 0.4) is 0 Å². The molecule has 0 aliphatic rings. The molecule has 8 heteroatoms. The van der Waals surface area contributed by atoms with Crippen molar-refractivity contribution >= 4 is 39.2 Å². The number of carbonyl (C=O) groups excluding carboxylic acids is 2. The predicted octanol–water partition coefficient (Wildman–Crippen LogP) is 4.42. The monoisotopic (exact) mass is 449 g/mol. The molecule has 164 valence electrons. The SMILES string of the molecule is CCOC(=O)Cc1csc(NC(=O)Cn2ccc3c(OCc4ccccc4)cccc32)n1. The normalized spacial score (nSPS) is 10.8. The van der Waals surface area contributed by atoms with Crippen LogP contribution in [0.1, 0.15) is 18.2 Å². The number of hydrogen-bond acceptors (Lipinski definition) is 6. The smallest absolute Gasteiger partial charge is 0.311 e. The van der Waals surface area contributed by atoms with Crippen LogP contribution >= 0.6 is 11.3 Å². The van der Waals surface area contributed by atoms with Gasteiger partial charge in [-0.3, -0.25) is 9.59 Å². The summed E-state index contributed by atoms with van der Waals surface area (Å²) in [6.07, 6.45) is 1.96. The Bertz CT molecular complexity index is 1220.